The summed E-state index contributed by atoms with van der Waals surface area (Å²) < 4.78 is 5.11. The second kappa shape index (κ2) is 9.54. The number of anilines is 4. The second-order valence-electron chi connectivity index (χ2n) is 6.32. The van der Waals surface area contributed by atoms with Gasteiger partial charge in [-0.2, -0.15) is 0 Å². The molecule has 0 bridgehead atoms. The minimum Gasteiger partial charge on any atom is -0.497 e. The molecule has 0 radical (unpaired) electrons. The smallest absolute Gasteiger partial charge is 0.258 e. The number of ether oxygens (including phenoxy) is 1. The fraction of sp³-hybridized carbons (Fsp3) is 0.227. The maximum atomic E-state index is 12.3. The van der Waals surface area contributed by atoms with E-state index in [9.17, 15) is 4.79 Å². The Morgan fingerprint density at radius 2 is 1.52 bits per heavy atom. The van der Waals surface area contributed by atoms with Crippen LogP contribution in [0.3, 0.4) is 0 Å². The van der Waals surface area contributed by atoms with Gasteiger partial charge >= 0.3 is 0 Å². The van der Waals surface area contributed by atoms with Crippen molar-refractivity contribution in [1.29, 1.82) is 0 Å². The molecule has 0 aliphatic rings. The lowest BCUT2D eigenvalue weighted by Crippen LogP contribution is -2.21. The summed E-state index contributed by atoms with van der Waals surface area (Å²) in [5, 5.41) is 5.96. The minimum atomic E-state index is -0.273. The first kappa shape index (κ1) is 20.1. The van der Waals surface area contributed by atoms with Crippen LogP contribution in [-0.2, 0) is 0 Å². The topological polar surface area (TPSA) is 79.4 Å². The molecule has 0 aliphatic carbocycles. The van der Waals surface area contributed by atoms with Crippen LogP contribution in [0.5, 0.6) is 5.75 Å². The first-order valence-electron chi connectivity index (χ1n) is 9.52. The van der Waals surface area contributed by atoms with E-state index in [4.69, 9.17) is 4.74 Å². The predicted octanol–water partition coefficient (Wildman–Crippen LogP) is 4.33. The van der Waals surface area contributed by atoms with Gasteiger partial charge < -0.3 is 20.3 Å². The fourth-order valence-electron chi connectivity index (χ4n) is 2.86. The largest absolute Gasteiger partial charge is 0.497 e. The maximum Gasteiger partial charge on any atom is 0.258 e. The van der Waals surface area contributed by atoms with Crippen LogP contribution in [0.2, 0.25) is 0 Å². The number of methoxy groups -OCH3 is 1. The van der Waals surface area contributed by atoms with Crippen molar-refractivity contribution in [2.24, 2.45) is 0 Å². The molecule has 2 aromatic carbocycles. The van der Waals surface area contributed by atoms with Crippen molar-refractivity contribution < 1.29 is 9.53 Å². The van der Waals surface area contributed by atoms with Gasteiger partial charge in [0, 0.05) is 42.5 Å². The van der Waals surface area contributed by atoms with Crippen molar-refractivity contribution in [1.82, 2.24) is 9.97 Å². The van der Waals surface area contributed by atoms with E-state index >= 15 is 0 Å². The number of hydrogen-bond donors (Lipinski definition) is 2. The van der Waals surface area contributed by atoms with Gasteiger partial charge in [-0.15, -0.1) is 0 Å². The van der Waals surface area contributed by atoms with Gasteiger partial charge in [0.1, 0.15) is 5.75 Å². The summed E-state index contributed by atoms with van der Waals surface area (Å²) in [6.07, 6.45) is 3.00. The summed E-state index contributed by atoms with van der Waals surface area (Å²) in [5.74, 6) is 0.888. The molecular weight excluding hydrogens is 366 g/mol. The van der Waals surface area contributed by atoms with Crippen LogP contribution in [0.15, 0.2) is 60.9 Å². The van der Waals surface area contributed by atoms with E-state index < -0.39 is 0 Å². The number of nitrogens with one attached hydrogen (secondary N) is 2. The molecule has 1 amide bonds. The minimum absolute atomic E-state index is 0.273. The normalized spacial score (nSPS) is 10.3. The van der Waals surface area contributed by atoms with Crippen molar-refractivity contribution in [3.63, 3.8) is 0 Å². The number of aromatic nitrogens is 2. The van der Waals surface area contributed by atoms with Crippen LogP contribution >= 0.6 is 0 Å². The number of benzene rings is 2. The summed E-state index contributed by atoms with van der Waals surface area (Å²) in [7, 11) is 1.60. The van der Waals surface area contributed by atoms with Gasteiger partial charge in [-0.3, -0.25) is 4.79 Å². The number of carbonyl (C=O) groups excluding carboxylic acids is 1. The predicted molar refractivity (Wildman–Crippen MR) is 116 cm³/mol. The molecule has 7 heteroatoms. The van der Waals surface area contributed by atoms with Gasteiger partial charge in [0.05, 0.1) is 12.7 Å². The highest BCUT2D eigenvalue weighted by atomic mass is 16.5. The molecule has 1 heterocycles. The number of hydrogen-bond acceptors (Lipinski definition) is 6. The Morgan fingerprint density at radius 1 is 0.931 bits per heavy atom. The quantitative estimate of drug-likeness (QED) is 0.595. The van der Waals surface area contributed by atoms with Crippen molar-refractivity contribution in [2.75, 3.05) is 35.7 Å². The van der Waals surface area contributed by atoms with Crippen molar-refractivity contribution in [3.8, 4) is 5.75 Å². The Bertz CT molecular complexity index is 921. The Morgan fingerprint density at radius 3 is 2.07 bits per heavy atom. The van der Waals surface area contributed by atoms with Gasteiger partial charge in [-0.25, -0.2) is 9.97 Å². The van der Waals surface area contributed by atoms with Crippen LogP contribution in [0.1, 0.15) is 24.2 Å². The summed E-state index contributed by atoms with van der Waals surface area (Å²) in [6.45, 7) is 6.20. The van der Waals surface area contributed by atoms with Crippen LogP contribution < -0.4 is 20.3 Å². The van der Waals surface area contributed by atoms with E-state index in [1.807, 2.05) is 12.1 Å². The number of carbonyl (C=O) groups is 1. The zero-order chi connectivity index (χ0) is 20.6. The Labute approximate surface area is 170 Å². The highest BCUT2D eigenvalue weighted by Crippen LogP contribution is 2.20. The number of nitrogens with zero attached hydrogens (tertiary/aromatic N) is 3. The van der Waals surface area contributed by atoms with Crippen LogP contribution in [0.4, 0.5) is 23.0 Å². The molecular formula is C22H25N5O2. The summed E-state index contributed by atoms with van der Waals surface area (Å²) >= 11 is 0. The van der Waals surface area contributed by atoms with Gasteiger partial charge in [0.2, 0.25) is 5.95 Å². The Kier molecular flexibility index (Phi) is 6.63. The van der Waals surface area contributed by atoms with Gasteiger partial charge in [0.15, 0.2) is 0 Å². The summed E-state index contributed by atoms with van der Waals surface area (Å²) in [5.41, 5.74) is 3.11. The van der Waals surface area contributed by atoms with E-state index in [1.54, 1.807) is 31.4 Å². The summed E-state index contributed by atoms with van der Waals surface area (Å²) in [4.78, 5) is 23.1. The molecule has 7 nitrogen and oxygen atoms in total. The molecule has 0 fully saturated rings. The van der Waals surface area contributed by atoms with E-state index in [1.165, 1.54) is 18.1 Å². The molecule has 0 saturated heterocycles. The Balaban J connectivity index is 1.61. The van der Waals surface area contributed by atoms with Gasteiger partial charge in [-0.05, 0) is 62.4 Å². The Hall–Kier alpha value is -3.61. The van der Waals surface area contributed by atoms with E-state index in [-0.39, 0.29) is 5.91 Å². The zero-order valence-electron chi connectivity index (χ0n) is 16.8. The highest BCUT2D eigenvalue weighted by Gasteiger charge is 2.08. The third kappa shape index (κ3) is 5.22. The average molecular weight is 391 g/mol. The molecule has 0 unspecified atom stereocenters. The summed E-state index contributed by atoms with van der Waals surface area (Å²) in [6, 6.07) is 15.2. The fourth-order valence-corrected chi connectivity index (χ4v) is 2.86. The molecule has 29 heavy (non-hydrogen) atoms. The molecule has 150 valence electrons. The third-order valence-electron chi connectivity index (χ3n) is 4.51. The maximum absolute atomic E-state index is 12.3. The standard InChI is InChI=1S/C22H25N5O2/c1-4-27(5-2)19-10-6-18(7-11-19)26-22-23-14-16(15-24-22)21(28)25-17-8-12-20(29-3)13-9-17/h6-15H,4-5H2,1-3H3,(H,25,28)(H,23,24,26). The molecule has 0 aliphatic heterocycles. The van der Waals surface area contributed by atoms with Gasteiger partial charge in [0.25, 0.3) is 5.91 Å². The first-order chi connectivity index (χ1) is 14.1. The molecule has 0 atom stereocenters. The average Bonchev–Trinajstić information content (AvgIpc) is 2.77. The van der Waals surface area contributed by atoms with E-state index in [0.29, 0.717) is 17.2 Å². The zero-order valence-corrected chi connectivity index (χ0v) is 16.8. The number of amides is 1. The SMILES string of the molecule is CCN(CC)c1ccc(Nc2ncc(C(=O)Nc3ccc(OC)cc3)cn2)cc1. The molecule has 0 spiro atoms. The second-order valence-corrected chi connectivity index (χ2v) is 6.32. The lowest BCUT2D eigenvalue weighted by Gasteiger charge is -2.21. The highest BCUT2D eigenvalue weighted by molar-refractivity contribution is 6.03. The third-order valence-corrected chi connectivity index (χ3v) is 4.51. The van der Waals surface area contributed by atoms with Crippen LogP contribution in [-0.4, -0.2) is 36.1 Å². The lowest BCUT2D eigenvalue weighted by atomic mass is 10.2. The van der Waals surface area contributed by atoms with Crippen molar-refractivity contribution in [2.45, 2.75) is 13.8 Å². The number of rotatable bonds is 8. The van der Waals surface area contributed by atoms with E-state index in [0.717, 1.165) is 24.5 Å². The van der Waals surface area contributed by atoms with Crippen LogP contribution in [0.25, 0.3) is 0 Å². The molecule has 1 aromatic heterocycles. The van der Waals surface area contributed by atoms with Gasteiger partial charge in [-0.1, -0.05) is 0 Å². The molecule has 2 N–H and O–H groups in total. The van der Waals surface area contributed by atoms with Crippen molar-refractivity contribution in [3.05, 3.63) is 66.5 Å². The van der Waals surface area contributed by atoms with Crippen molar-refractivity contribution >= 4 is 28.9 Å². The monoisotopic (exact) mass is 391 g/mol. The lowest BCUT2D eigenvalue weighted by molar-refractivity contribution is 0.102. The molecule has 3 rings (SSSR count). The molecule has 3 aromatic rings. The van der Waals surface area contributed by atoms with Crippen LogP contribution in [0, 0.1) is 0 Å². The van der Waals surface area contributed by atoms with E-state index in [2.05, 4.69) is 51.5 Å². The first-order valence-corrected chi connectivity index (χ1v) is 9.52. The molecule has 0 saturated carbocycles.